The summed E-state index contributed by atoms with van der Waals surface area (Å²) in [5, 5.41) is 0.678. The summed E-state index contributed by atoms with van der Waals surface area (Å²) < 4.78 is 9.65. The van der Waals surface area contributed by atoms with Crippen molar-refractivity contribution in [2.24, 2.45) is 13.0 Å². The number of hydrogen-bond donors (Lipinski definition) is 0. The molecular formula is C20H24ClN5O3. The third kappa shape index (κ3) is 3.07. The highest BCUT2D eigenvalue weighted by Crippen LogP contribution is 2.36. The predicted molar refractivity (Wildman–Crippen MR) is 113 cm³/mol. The number of anilines is 2. The summed E-state index contributed by atoms with van der Waals surface area (Å²) >= 11 is 6.35. The van der Waals surface area contributed by atoms with Crippen molar-refractivity contribution in [2.75, 3.05) is 25.2 Å². The third-order valence-electron chi connectivity index (χ3n) is 5.49. The van der Waals surface area contributed by atoms with Gasteiger partial charge in [0, 0.05) is 38.0 Å². The smallest absolute Gasteiger partial charge is 0.332 e. The van der Waals surface area contributed by atoms with Gasteiger partial charge in [-0.05, 0) is 30.5 Å². The van der Waals surface area contributed by atoms with Crippen LogP contribution in [0.2, 0.25) is 5.02 Å². The minimum atomic E-state index is -0.395. The monoisotopic (exact) mass is 417 g/mol. The van der Waals surface area contributed by atoms with Crippen molar-refractivity contribution in [3.8, 4) is 0 Å². The van der Waals surface area contributed by atoms with E-state index in [4.69, 9.17) is 21.3 Å². The first-order chi connectivity index (χ1) is 13.8. The second-order valence-corrected chi connectivity index (χ2v) is 7.99. The molecular weight excluding hydrogens is 394 g/mol. The SMILES string of the molecule is COCCn1c(=O)c2c(nc3n2C[C@H](C)CN3c2cccc(Cl)c2C)n(C)c1=O. The Morgan fingerprint density at radius 2 is 2.03 bits per heavy atom. The summed E-state index contributed by atoms with van der Waals surface area (Å²) in [7, 11) is 3.19. The number of ether oxygens (including phenoxy) is 1. The Morgan fingerprint density at radius 1 is 1.28 bits per heavy atom. The Morgan fingerprint density at radius 3 is 2.76 bits per heavy atom. The van der Waals surface area contributed by atoms with Crippen LogP contribution in [0.15, 0.2) is 27.8 Å². The van der Waals surface area contributed by atoms with Crippen LogP contribution in [-0.2, 0) is 24.9 Å². The highest BCUT2D eigenvalue weighted by molar-refractivity contribution is 6.31. The second kappa shape index (κ2) is 7.35. The molecule has 0 unspecified atom stereocenters. The number of fused-ring (bicyclic) bond motifs is 3. The minimum absolute atomic E-state index is 0.200. The molecule has 0 saturated carbocycles. The summed E-state index contributed by atoms with van der Waals surface area (Å²) in [6.45, 7) is 5.98. The third-order valence-corrected chi connectivity index (χ3v) is 5.90. The Balaban J connectivity index is 2.00. The van der Waals surface area contributed by atoms with E-state index in [0.717, 1.165) is 17.8 Å². The molecule has 29 heavy (non-hydrogen) atoms. The fourth-order valence-electron chi connectivity index (χ4n) is 3.98. The van der Waals surface area contributed by atoms with E-state index in [-0.39, 0.29) is 24.6 Å². The van der Waals surface area contributed by atoms with Gasteiger partial charge < -0.3 is 14.2 Å². The maximum absolute atomic E-state index is 13.2. The van der Waals surface area contributed by atoms with E-state index < -0.39 is 5.69 Å². The van der Waals surface area contributed by atoms with Crippen molar-refractivity contribution in [3.63, 3.8) is 0 Å². The molecule has 1 aromatic carbocycles. The number of benzene rings is 1. The van der Waals surface area contributed by atoms with Crippen LogP contribution in [0, 0.1) is 12.8 Å². The standard InChI is InChI=1S/C20H24ClN5O3/c1-12-10-25(15-7-5-6-14(21)13(15)2)19-22-17-16(26(19)11-12)18(27)24(8-9-29-4)20(28)23(17)3/h5-7,12H,8-11H2,1-4H3/t12-/m1/s1. The normalized spacial score (nSPS) is 16.4. The van der Waals surface area contributed by atoms with Gasteiger partial charge in [0.2, 0.25) is 5.95 Å². The van der Waals surface area contributed by atoms with Crippen LogP contribution in [0.5, 0.6) is 0 Å². The van der Waals surface area contributed by atoms with Gasteiger partial charge in [-0.15, -0.1) is 0 Å². The topological polar surface area (TPSA) is 74.3 Å². The van der Waals surface area contributed by atoms with Gasteiger partial charge in [0.15, 0.2) is 11.2 Å². The lowest BCUT2D eigenvalue weighted by Gasteiger charge is -2.34. The van der Waals surface area contributed by atoms with Crippen molar-refractivity contribution in [2.45, 2.75) is 26.9 Å². The van der Waals surface area contributed by atoms with E-state index in [0.29, 0.717) is 28.7 Å². The molecule has 0 amide bonds. The highest BCUT2D eigenvalue weighted by atomic mass is 35.5. The quantitative estimate of drug-likeness (QED) is 0.651. The fourth-order valence-corrected chi connectivity index (χ4v) is 4.15. The van der Waals surface area contributed by atoms with Crippen molar-refractivity contribution in [3.05, 3.63) is 49.6 Å². The first kappa shape index (κ1) is 19.7. The Labute approximate surface area is 172 Å². The lowest BCUT2D eigenvalue weighted by atomic mass is 10.1. The van der Waals surface area contributed by atoms with Crippen molar-refractivity contribution < 1.29 is 4.74 Å². The minimum Gasteiger partial charge on any atom is -0.383 e. The number of nitrogens with zero attached hydrogens (tertiary/aromatic N) is 5. The van der Waals surface area contributed by atoms with Crippen LogP contribution in [0.25, 0.3) is 11.2 Å². The molecule has 0 N–H and O–H groups in total. The van der Waals surface area contributed by atoms with Crippen LogP contribution < -0.4 is 16.1 Å². The van der Waals surface area contributed by atoms with Crippen molar-refractivity contribution in [1.82, 2.24) is 18.7 Å². The summed E-state index contributed by atoms with van der Waals surface area (Å²) in [4.78, 5) is 32.7. The molecule has 3 aromatic rings. The number of imidazole rings is 1. The van der Waals surface area contributed by atoms with Gasteiger partial charge in [-0.25, -0.2) is 4.79 Å². The Bertz CT molecular complexity index is 1210. The molecule has 1 aliphatic heterocycles. The molecule has 0 fully saturated rings. The van der Waals surface area contributed by atoms with Crippen LogP contribution in [-0.4, -0.2) is 38.9 Å². The molecule has 9 heteroatoms. The van der Waals surface area contributed by atoms with Crippen molar-refractivity contribution >= 4 is 34.4 Å². The molecule has 0 saturated heterocycles. The highest BCUT2D eigenvalue weighted by Gasteiger charge is 2.30. The van der Waals surface area contributed by atoms with Crippen LogP contribution in [0.3, 0.4) is 0 Å². The van der Waals surface area contributed by atoms with E-state index in [1.165, 1.54) is 9.13 Å². The number of aromatic nitrogens is 4. The zero-order valence-electron chi connectivity index (χ0n) is 17.0. The lowest BCUT2D eigenvalue weighted by Crippen LogP contribution is -2.41. The number of aryl methyl sites for hydroxylation is 1. The number of halogens is 1. The van der Waals surface area contributed by atoms with E-state index in [2.05, 4.69) is 11.8 Å². The van der Waals surface area contributed by atoms with Gasteiger partial charge >= 0.3 is 5.69 Å². The number of rotatable bonds is 4. The second-order valence-electron chi connectivity index (χ2n) is 7.59. The molecule has 4 rings (SSSR count). The molecule has 0 radical (unpaired) electrons. The van der Waals surface area contributed by atoms with Gasteiger partial charge in [-0.3, -0.25) is 13.9 Å². The van der Waals surface area contributed by atoms with E-state index in [1.54, 1.807) is 14.2 Å². The fraction of sp³-hybridized carbons (Fsp3) is 0.450. The summed E-state index contributed by atoms with van der Waals surface area (Å²) in [6.07, 6.45) is 0. The zero-order valence-corrected chi connectivity index (χ0v) is 17.7. The first-order valence-electron chi connectivity index (χ1n) is 9.56. The average molecular weight is 418 g/mol. The number of hydrogen-bond acceptors (Lipinski definition) is 5. The van der Waals surface area contributed by atoms with E-state index >= 15 is 0 Å². The molecule has 1 atom stereocenters. The van der Waals surface area contributed by atoms with E-state index in [1.807, 2.05) is 29.7 Å². The molecule has 8 nitrogen and oxygen atoms in total. The number of methoxy groups -OCH3 is 1. The molecule has 3 heterocycles. The Hall–Kier alpha value is -2.58. The molecule has 0 spiro atoms. The van der Waals surface area contributed by atoms with Gasteiger partial charge in [0.05, 0.1) is 13.2 Å². The zero-order chi connectivity index (χ0) is 20.9. The predicted octanol–water partition coefficient (Wildman–Crippen LogP) is 2.29. The maximum Gasteiger partial charge on any atom is 0.332 e. The lowest BCUT2D eigenvalue weighted by molar-refractivity contribution is 0.184. The van der Waals surface area contributed by atoms with Gasteiger partial charge in [0.25, 0.3) is 5.56 Å². The van der Waals surface area contributed by atoms with Gasteiger partial charge in [-0.1, -0.05) is 24.6 Å². The van der Waals surface area contributed by atoms with Crippen LogP contribution in [0.1, 0.15) is 12.5 Å². The van der Waals surface area contributed by atoms with Crippen LogP contribution >= 0.6 is 11.6 Å². The van der Waals surface area contributed by atoms with Crippen molar-refractivity contribution in [1.29, 1.82) is 0 Å². The Kier molecular flexibility index (Phi) is 5.00. The maximum atomic E-state index is 13.2. The summed E-state index contributed by atoms with van der Waals surface area (Å²) in [5.41, 5.74) is 2.00. The largest absolute Gasteiger partial charge is 0.383 e. The van der Waals surface area contributed by atoms with E-state index in [9.17, 15) is 9.59 Å². The molecule has 2 aromatic heterocycles. The molecule has 154 valence electrons. The first-order valence-corrected chi connectivity index (χ1v) is 9.94. The summed E-state index contributed by atoms with van der Waals surface area (Å²) in [5.74, 6) is 0.933. The summed E-state index contributed by atoms with van der Waals surface area (Å²) in [6, 6.07) is 5.76. The molecule has 0 bridgehead atoms. The molecule has 0 aliphatic carbocycles. The van der Waals surface area contributed by atoms with Gasteiger partial charge in [0.1, 0.15) is 0 Å². The van der Waals surface area contributed by atoms with Crippen LogP contribution in [0.4, 0.5) is 11.6 Å². The average Bonchev–Trinajstić information content (AvgIpc) is 3.07. The molecule has 1 aliphatic rings. The van der Waals surface area contributed by atoms with Gasteiger partial charge in [-0.2, -0.15) is 4.98 Å².